The van der Waals surface area contributed by atoms with E-state index in [1.165, 1.54) is 4.88 Å². The van der Waals surface area contributed by atoms with Gasteiger partial charge >= 0.3 is 0 Å². The van der Waals surface area contributed by atoms with Crippen molar-refractivity contribution in [2.45, 2.75) is 13.0 Å². The molecule has 1 aromatic heterocycles. The third-order valence-electron chi connectivity index (χ3n) is 3.03. The quantitative estimate of drug-likeness (QED) is 0.797. The Morgan fingerprint density at radius 2 is 2.10 bits per heavy atom. The fraction of sp³-hybridized carbons (Fsp3) is 0.267. The number of anilines is 1. The van der Waals surface area contributed by atoms with Crippen molar-refractivity contribution in [3.63, 3.8) is 0 Å². The average Bonchev–Trinajstić information content (AvgIpc) is 2.86. The Labute approximate surface area is 142 Å². The van der Waals surface area contributed by atoms with Gasteiger partial charge in [-0.2, -0.15) is 0 Å². The molecule has 1 amide bonds. The van der Waals surface area contributed by atoms with E-state index in [4.69, 9.17) is 11.6 Å². The number of rotatable bonds is 4. The molecule has 2 aromatic rings. The van der Waals surface area contributed by atoms with E-state index in [9.17, 15) is 4.79 Å². The van der Waals surface area contributed by atoms with Crippen molar-refractivity contribution in [2.75, 3.05) is 19.4 Å². The summed E-state index contributed by atoms with van der Waals surface area (Å²) in [5, 5.41) is 6.00. The van der Waals surface area contributed by atoms with Crippen LogP contribution in [0.2, 0.25) is 5.02 Å². The Morgan fingerprint density at radius 3 is 2.67 bits per heavy atom. The lowest BCUT2D eigenvalue weighted by atomic mass is 10.1. The standard InChI is InChI=1S/C15H16BrClN2OS/c1-9(14-11(16)6-7-21-14)18-13-8-10(4-5-12(13)17)15(20)19(2)3/h4-9,18H,1-3H3. The zero-order chi connectivity index (χ0) is 15.6. The summed E-state index contributed by atoms with van der Waals surface area (Å²) in [7, 11) is 3.46. The highest BCUT2D eigenvalue weighted by Crippen LogP contribution is 2.33. The summed E-state index contributed by atoms with van der Waals surface area (Å²) in [6, 6.07) is 7.40. The number of amides is 1. The molecule has 1 atom stereocenters. The van der Waals surface area contributed by atoms with Crippen LogP contribution in [0.15, 0.2) is 34.1 Å². The van der Waals surface area contributed by atoms with E-state index < -0.39 is 0 Å². The normalized spacial score (nSPS) is 12.0. The first-order chi connectivity index (χ1) is 9.90. The van der Waals surface area contributed by atoms with Crippen LogP contribution in [0.5, 0.6) is 0 Å². The summed E-state index contributed by atoms with van der Waals surface area (Å²) < 4.78 is 1.07. The van der Waals surface area contributed by atoms with Crippen LogP contribution in [0.1, 0.15) is 28.2 Å². The third-order valence-corrected chi connectivity index (χ3v) is 5.41. The maximum atomic E-state index is 12.0. The van der Waals surface area contributed by atoms with Crippen molar-refractivity contribution in [1.82, 2.24) is 4.90 Å². The molecule has 0 aliphatic rings. The van der Waals surface area contributed by atoms with Gasteiger partial charge in [-0.15, -0.1) is 11.3 Å². The molecule has 2 rings (SSSR count). The van der Waals surface area contributed by atoms with Gasteiger partial charge in [0, 0.05) is 29.0 Å². The number of carbonyl (C=O) groups is 1. The molecular formula is C15H16BrClN2OS. The molecule has 0 saturated carbocycles. The predicted molar refractivity (Wildman–Crippen MR) is 93.5 cm³/mol. The van der Waals surface area contributed by atoms with Gasteiger partial charge < -0.3 is 10.2 Å². The first-order valence-corrected chi connectivity index (χ1v) is 8.46. The summed E-state index contributed by atoms with van der Waals surface area (Å²) >= 11 is 11.4. The number of thiophene rings is 1. The minimum absolute atomic E-state index is 0.0420. The Balaban J connectivity index is 2.25. The molecule has 1 N–H and O–H groups in total. The highest BCUT2D eigenvalue weighted by Gasteiger charge is 2.15. The molecule has 1 aromatic carbocycles. The molecule has 112 valence electrons. The van der Waals surface area contributed by atoms with Crippen LogP contribution >= 0.6 is 38.9 Å². The Morgan fingerprint density at radius 1 is 1.38 bits per heavy atom. The molecule has 1 unspecified atom stereocenters. The van der Waals surface area contributed by atoms with E-state index in [0.717, 1.165) is 10.2 Å². The van der Waals surface area contributed by atoms with E-state index in [1.54, 1.807) is 48.5 Å². The second-order valence-corrected chi connectivity index (χ2v) is 7.10. The second kappa shape index (κ2) is 6.81. The summed E-state index contributed by atoms with van der Waals surface area (Å²) in [4.78, 5) is 14.8. The molecule has 0 spiro atoms. The van der Waals surface area contributed by atoms with E-state index >= 15 is 0 Å². The molecule has 0 radical (unpaired) electrons. The monoisotopic (exact) mass is 386 g/mol. The van der Waals surface area contributed by atoms with Crippen LogP contribution in [-0.4, -0.2) is 24.9 Å². The van der Waals surface area contributed by atoms with E-state index in [2.05, 4.69) is 28.2 Å². The van der Waals surface area contributed by atoms with Gasteiger partial charge in [-0.25, -0.2) is 0 Å². The van der Waals surface area contributed by atoms with Crippen LogP contribution in [-0.2, 0) is 0 Å². The first kappa shape index (κ1) is 16.3. The predicted octanol–water partition coefficient (Wildman–Crippen LogP) is 5.04. The van der Waals surface area contributed by atoms with Crippen molar-refractivity contribution in [1.29, 1.82) is 0 Å². The van der Waals surface area contributed by atoms with Gasteiger partial charge in [0.1, 0.15) is 0 Å². The smallest absolute Gasteiger partial charge is 0.253 e. The molecule has 0 aliphatic heterocycles. The highest BCUT2D eigenvalue weighted by atomic mass is 79.9. The zero-order valence-electron chi connectivity index (χ0n) is 12.0. The summed E-state index contributed by atoms with van der Waals surface area (Å²) in [5.41, 5.74) is 1.38. The fourth-order valence-electron chi connectivity index (χ4n) is 1.94. The van der Waals surface area contributed by atoms with E-state index in [1.807, 2.05) is 11.4 Å². The maximum absolute atomic E-state index is 12.0. The number of carbonyl (C=O) groups excluding carboxylic acids is 1. The molecule has 3 nitrogen and oxygen atoms in total. The van der Waals surface area contributed by atoms with Crippen molar-refractivity contribution in [2.24, 2.45) is 0 Å². The number of hydrogen-bond acceptors (Lipinski definition) is 3. The molecular weight excluding hydrogens is 372 g/mol. The topological polar surface area (TPSA) is 32.3 Å². The minimum atomic E-state index is -0.0420. The largest absolute Gasteiger partial charge is 0.376 e. The first-order valence-electron chi connectivity index (χ1n) is 6.40. The molecule has 0 saturated heterocycles. The zero-order valence-corrected chi connectivity index (χ0v) is 15.1. The van der Waals surface area contributed by atoms with Crippen LogP contribution < -0.4 is 5.32 Å². The minimum Gasteiger partial charge on any atom is -0.376 e. The van der Waals surface area contributed by atoms with Gasteiger partial charge in [-0.05, 0) is 52.5 Å². The summed E-state index contributed by atoms with van der Waals surface area (Å²) in [5.74, 6) is -0.0420. The Bertz CT molecular complexity index is 657. The molecule has 0 bridgehead atoms. The third kappa shape index (κ3) is 3.78. The fourth-order valence-corrected chi connectivity index (χ4v) is 3.84. The Kier molecular flexibility index (Phi) is 5.30. The van der Waals surface area contributed by atoms with Crippen molar-refractivity contribution in [3.8, 4) is 0 Å². The van der Waals surface area contributed by atoms with Crippen molar-refractivity contribution in [3.05, 3.63) is 49.6 Å². The lowest BCUT2D eigenvalue weighted by molar-refractivity contribution is 0.0827. The number of benzene rings is 1. The number of halogens is 2. The van der Waals surface area contributed by atoms with Crippen molar-refractivity contribution >= 4 is 50.5 Å². The second-order valence-electron chi connectivity index (χ2n) is 4.89. The average molecular weight is 388 g/mol. The van der Waals surface area contributed by atoms with Gasteiger partial charge in [0.05, 0.1) is 16.8 Å². The maximum Gasteiger partial charge on any atom is 0.253 e. The Hall–Kier alpha value is -1.04. The molecule has 0 aliphatic carbocycles. The van der Waals surface area contributed by atoms with Gasteiger partial charge in [-0.3, -0.25) is 4.79 Å². The van der Waals surface area contributed by atoms with Crippen molar-refractivity contribution < 1.29 is 4.79 Å². The van der Waals surface area contributed by atoms with Gasteiger partial charge in [-0.1, -0.05) is 11.6 Å². The summed E-state index contributed by atoms with van der Waals surface area (Å²) in [6.45, 7) is 2.06. The van der Waals surface area contributed by atoms with Crippen LogP contribution in [0, 0.1) is 0 Å². The molecule has 21 heavy (non-hydrogen) atoms. The van der Waals surface area contributed by atoms with Crippen LogP contribution in [0.3, 0.4) is 0 Å². The van der Waals surface area contributed by atoms with Crippen LogP contribution in [0.4, 0.5) is 5.69 Å². The lowest BCUT2D eigenvalue weighted by Gasteiger charge is -2.17. The molecule has 1 heterocycles. The van der Waals surface area contributed by atoms with Gasteiger partial charge in [0.15, 0.2) is 0 Å². The van der Waals surface area contributed by atoms with Gasteiger partial charge in [0.2, 0.25) is 0 Å². The number of nitrogens with zero attached hydrogens (tertiary/aromatic N) is 1. The van der Waals surface area contributed by atoms with E-state index in [0.29, 0.717) is 10.6 Å². The van der Waals surface area contributed by atoms with Gasteiger partial charge in [0.25, 0.3) is 5.91 Å². The molecule has 0 fully saturated rings. The molecule has 6 heteroatoms. The van der Waals surface area contributed by atoms with E-state index in [-0.39, 0.29) is 11.9 Å². The van der Waals surface area contributed by atoms with Crippen LogP contribution in [0.25, 0.3) is 0 Å². The SMILES string of the molecule is CC(Nc1cc(C(=O)N(C)C)ccc1Cl)c1sccc1Br. The highest BCUT2D eigenvalue weighted by molar-refractivity contribution is 9.10. The lowest BCUT2D eigenvalue weighted by Crippen LogP contribution is -2.21. The summed E-state index contributed by atoms with van der Waals surface area (Å²) in [6.07, 6.45) is 0. The number of hydrogen-bond donors (Lipinski definition) is 1. The number of nitrogens with one attached hydrogen (secondary N) is 1.